The van der Waals surface area contributed by atoms with E-state index in [0.29, 0.717) is 24.0 Å². The van der Waals surface area contributed by atoms with Gasteiger partial charge in [-0.2, -0.15) is 0 Å². The topological polar surface area (TPSA) is 64.7 Å². The normalized spacial score (nSPS) is 16.6. The van der Waals surface area contributed by atoms with Crippen molar-refractivity contribution < 1.29 is 13.9 Å². The minimum atomic E-state index is -0.473. The number of allylic oxidation sites excluding steroid dienone is 1. The second-order valence-corrected chi connectivity index (χ2v) is 4.44. The van der Waals surface area contributed by atoms with Gasteiger partial charge >= 0.3 is 5.97 Å². The molecule has 0 unspecified atom stereocenters. The molecule has 0 aromatic carbocycles. The lowest BCUT2D eigenvalue weighted by atomic mass is 10.1. The number of carbonyl (C=O) groups is 1. The maximum absolute atomic E-state index is 11.8. The second kappa shape index (κ2) is 5.82. The van der Waals surface area contributed by atoms with Gasteiger partial charge in [0.2, 0.25) is 0 Å². The molecule has 1 aliphatic carbocycles. The van der Waals surface area contributed by atoms with Gasteiger partial charge < -0.3 is 9.15 Å². The molecular weight excluding hydrogens is 244 g/mol. The minimum absolute atomic E-state index is 0.197. The zero-order chi connectivity index (χ0) is 13.8. The first kappa shape index (κ1) is 13.5. The molecule has 0 aliphatic heterocycles. The van der Waals surface area contributed by atoms with Crippen molar-refractivity contribution in [1.29, 1.82) is 0 Å². The SMILES string of the molecule is CC=N/C(=C(\C)C1CC1)c1ocnc1C(=O)OCC. The number of hydrogen-bond donors (Lipinski definition) is 0. The van der Waals surface area contributed by atoms with Crippen molar-refractivity contribution in [3.05, 3.63) is 23.4 Å². The summed E-state index contributed by atoms with van der Waals surface area (Å²) in [5.41, 5.74) is 2.04. The van der Waals surface area contributed by atoms with Crippen molar-refractivity contribution in [2.75, 3.05) is 6.61 Å². The van der Waals surface area contributed by atoms with E-state index in [4.69, 9.17) is 9.15 Å². The van der Waals surface area contributed by atoms with Gasteiger partial charge in [-0.25, -0.2) is 9.78 Å². The van der Waals surface area contributed by atoms with E-state index < -0.39 is 5.97 Å². The van der Waals surface area contributed by atoms with Gasteiger partial charge in [0.25, 0.3) is 0 Å². The zero-order valence-electron chi connectivity index (χ0n) is 11.5. The van der Waals surface area contributed by atoms with Crippen LogP contribution in [0, 0.1) is 5.92 Å². The Balaban J connectivity index is 2.41. The number of oxazole rings is 1. The molecule has 19 heavy (non-hydrogen) atoms. The third-order valence-corrected chi connectivity index (χ3v) is 3.07. The summed E-state index contributed by atoms with van der Waals surface area (Å²) in [4.78, 5) is 20.1. The average molecular weight is 262 g/mol. The number of rotatable bonds is 5. The molecule has 2 rings (SSSR count). The van der Waals surface area contributed by atoms with Crippen LogP contribution in [0.5, 0.6) is 0 Å². The number of aromatic nitrogens is 1. The molecule has 1 heterocycles. The lowest BCUT2D eigenvalue weighted by Gasteiger charge is -2.06. The predicted molar refractivity (Wildman–Crippen MR) is 71.9 cm³/mol. The first-order chi connectivity index (χ1) is 9.19. The molecule has 5 nitrogen and oxygen atoms in total. The zero-order valence-corrected chi connectivity index (χ0v) is 11.5. The quantitative estimate of drug-likeness (QED) is 0.604. The average Bonchev–Trinajstić information content (AvgIpc) is 3.13. The smallest absolute Gasteiger partial charge is 0.361 e. The lowest BCUT2D eigenvalue weighted by molar-refractivity contribution is 0.0519. The molecule has 0 bridgehead atoms. The molecule has 0 radical (unpaired) electrons. The van der Waals surface area contributed by atoms with Crippen molar-refractivity contribution in [3.63, 3.8) is 0 Å². The summed E-state index contributed by atoms with van der Waals surface area (Å²) in [6.07, 6.45) is 5.28. The van der Waals surface area contributed by atoms with Crippen LogP contribution in [-0.4, -0.2) is 23.8 Å². The van der Waals surface area contributed by atoms with Crippen LogP contribution < -0.4 is 0 Å². The summed E-state index contributed by atoms with van der Waals surface area (Å²) in [6.45, 7) is 5.93. The van der Waals surface area contributed by atoms with Crippen molar-refractivity contribution >= 4 is 17.9 Å². The van der Waals surface area contributed by atoms with Crippen LogP contribution in [0.1, 0.15) is 49.9 Å². The summed E-state index contributed by atoms with van der Waals surface area (Å²) >= 11 is 0. The second-order valence-electron chi connectivity index (χ2n) is 4.44. The predicted octanol–water partition coefficient (Wildman–Crippen LogP) is 3.08. The van der Waals surface area contributed by atoms with E-state index in [9.17, 15) is 4.79 Å². The Labute approximate surface area is 112 Å². The van der Waals surface area contributed by atoms with Gasteiger partial charge in [0, 0.05) is 6.21 Å². The van der Waals surface area contributed by atoms with Crippen molar-refractivity contribution in [2.45, 2.75) is 33.6 Å². The monoisotopic (exact) mass is 262 g/mol. The molecule has 1 aromatic rings. The van der Waals surface area contributed by atoms with E-state index in [2.05, 4.69) is 9.98 Å². The third kappa shape index (κ3) is 2.92. The molecule has 1 aromatic heterocycles. The van der Waals surface area contributed by atoms with Crippen LogP contribution >= 0.6 is 0 Å². The molecule has 0 amide bonds. The standard InChI is InChI=1S/C14H18N2O3/c1-4-15-11(9(3)10-6-7-10)13-12(16-8-19-13)14(17)18-5-2/h4,8,10H,5-7H2,1-3H3/b11-9+,15-4?. The Morgan fingerprint density at radius 2 is 2.37 bits per heavy atom. The van der Waals surface area contributed by atoms with Gasteiger partial charge in [0.1, 0.15) is 5.70 Å². The van der Waals surface area contributed by atoms with Gasteiger partial charge in [-0.15, -0.1) is 0 Å². The number of carbonyl (C=O) groups excluding carboxylic acids is 1. The molecule has 0 atom stereocenters. The Kier molecular flexibility index (Phi) is 4.14. The molecule has 1 aliphatic rings. The Morgan fingerprint density at radius 3 is 2.95 bits per heavy atom. The molecule has 1 fully saturated rings. The number of nitrogens with zero attached hydrogens (tertiary/aromatic N) is 2. The summed E-state index contributed by atoms with van der Waals surface area (Å²) in [5, 5.41) is 0. The van der Waals surface area contributed by atoms with E-state index in [1.165, 1.54) is 6.39 Å². The highest BCUT2D eigenvalue weighted by Crippen LogP contribution is 2.40. The highest BCUT2D eigenvalue weighted by Gasteiger charge is 2.29. The van der Waals surface area contributed by atoms with Crippen molar-refractivity contribution in [2.24, 2.45) is 10.9 Å². The summed E-state index contributed by atoms with van der Waals surface area (Å²) in [6, 6.07) is 0. The van der Waals surface area contributed by atoms with Crippen LogP contribution in [0.15, 0.2) is 21.4 Å². The fourth-order valence-electron chi connectivity index (χ4n) is 1.94. The number of hydrogen-bond acceptors (Lipinski definition) is 5. The van der Waals surface area contributed by atoms with Crippen LogP contribution in [-0.2, 0) is 4.74 Å². The Hall–Kier alpha value is -1.91. The first-order valence-electron chi connectivity index (χ1n) is 6.49. The van der Waals surface area contributed by atoms with Gasteiger partial charge in [0.15, 0.2) is 17.8 Å². The Bertz CT molecular complexity index is 525. The maximum Gasteiger partial charge on any atom is 0.361 e. The van der Waals surface area contributed by atoms with Gasteiger partial charge in [0.05, 0.1) is 6.61 Å². The molecular formula is C14H18N2O3. The van der Waals surface area contributed by atoms with Crippen LogP contribution in [0.3, 0.4) is 0 Å². The highest BCUT2D eigenvalue weighted by molar-refractivity contribution is 5.93. The Morgan fingerprint density at radius 1 is 1.63 bits per heavy atom. The molecule has 1 saturated carbocycles. The number of esters is 1. The fourth-order valence-corrected chi connectivity index (χ4v) is 1.94. The maximum atomic E-state index is 11.8. The van der Waals surface area contributed by atoms with E-state index >= 15 is 0 Å². The van der Waals surface area contributed by atoms with Crippen LogP contribution in [0.25, 0.3) is 5.70 Å². The van der Waals surface area contributed by atoms with E-state index in [-0.39, 0.29) is 5.69 Å². The van der Waals surface area contributed by atoms with E-state index in [1.807, 2.05) is 13.8 Å². The summed E-state index contributed by atoms with van der Waals surface area (Å²) < 4.78 is 10.3. The molecule has 5 heteroatoms. The summed E-state index contributed by atoms with van der Waals surface area (Å²) in [7, 11) is 0. The molecule has 0 spiro atoms. The molecule has 0 N–H and O–H groups in total. The van der Waals surface area contributed by atoms with Crippen LogP contribution in [0.2, 0.25) is 0 Å². The fraction of sp³-hybridized carbons (Fsp3) is 0.500. The largest absolute Gasteiger partial charge is 0.461 e. The summed E-state index contributed by atoms with van der Waals surface area (Å²) in [5.74, 6) is 0.471. The van der Waals surface area contributed by atoms with Crippen molar-refractivity contribution in [1.82, 2.24) is 4.98 Å². The number of aliphatic imine (C=N–C) groups is 1. The third-order valence-electron chi connectivity index (χ3n) is 3.07. The van der Waals surface area contributed by atoms with Gasteiger partial charge in [-0.1, -0.05) is 0 Å². The van der Waals surface area contributed by atoms with Crippen molar-refractivity contribution in [3.8, 4) is 0 Å². The molecule has 0 saturated heterocycles. The molecule has 102 valence electrons. The van der Waals surface area contributed by atoms with Gasteiger partial charge in [-0.3, -0.25) is 4.99 Å². The lowest BCUT2D eigenvalue weighted by Crippen LogP contribution is -2.08. The van der Waals surface area contributed by atoms with Gasteiger partial charge in [-0.05, 0) is 45.1 Å². The number of ether oxygens (including phenoxy) is 1. The van der Waals surface area contributed by atoms with Crippen LogP contribution in [0.4, 0.5) is 0 Å². The van der Waals surface area contributed by atoms with E-state index in [0.717, 1.165) is 18.4 Å². The highest BCUT2D eigenvalue weighted by atomic mass is 16.5. The van der Waals surface area contributed by atoms with E-state index in [1.54, 1.807) is 13.1 Å². The minimum Gasteiger partial charge on any atom is -0.461 e. The first-order valence-corrected chi connectivity index (χ1v) is 6.49.